The van der Waals surface area contributed by atoms with Gasteiger partial charge in [-0.05, 0) is 24.3 Å². The van der Waals surface area contributed by atoms with Gasteiger partial charge >= 0.3 is 0 Å². The van der Waals surface area contributed by atoms with Crippen LogP contribution < -0.4 is 10.6 Å². The van der Waals surface area contributed by atoms with Crippen LogP contribution in [0, 0.1) is 0 Å². The van der Waals surface area contributed by atoms with Gasteiger partial charge in [0.05, 0.1) is 23.3 Å². The number of hydrogen-bond acceptors (Lipinski definition) is 4. The van der Waals surface area contributed by atoms with E-state index in [-0.39, 0.29) is 18.4 Å². The lowest BCUT2D eigenvalue weighted by atomic mass is 10.0. The summed E-state index contributed by atoms with van der Waals surface area (Å²) >= 11 is 0. The van der Waals surface area contributed by atoms with Crippen molar-refractivity contribution in [2.24, 2.45) is 0 Å². The largest absolute Gasteiger partial charge is 0.358 e. The molecule has 0 aliphatic heterocycles. The molecule has 0 spiro atoms. The Morgan fingerprint density at radius 1 is 1.12 bits per heavy atom. The predicted octanol–water partition coefficient (Wildman–Crippen LogP) is 1.77. The molecule has 0 saturated heterocycles. The molecule has 0 radical (unpaired) electrons. The van der Waals surface area contributed by atoms with Gasteiger partial charge in [0.25, 0.3) is 5.91 Å². The van der Waals surface area contributed by atoms with Crippen LogP contribution in [0.2, 0.25) is 0 Å². The molecule has 2 N–H and O–H groups in total. The molecule has 6 nitrogen and oxygen atoms in total. The van der Waals surface area contributed by atoms with Crippen LogP contribution in [0.15, 0.2) is 54.9 Å². The van der Waals surface area contributed by atoms with Crippen LogP contribution >= 0.6 is 0 Å². The first kappa shape index (κ1) is 15.6. The molecular weight excluding hydrogens is 304 g/mol. The fourth-order valence-electron chi connectivity index (χ4n) is 2.37. The molecule has 24 heavy (non-hydrogen) atoms. The Balaban J connectivity index is 2.05. The number of fused-ring (bicyclic) bond motifs is 1. The molecule has 3 rings (SSSR count). The van der Waals surface area contributed by atoms with Crippen molar-refractivity contribution in [1.29, 1.82) is 0 Å². The summed E-state index contributed by atoms with van der Waals surface area (Å²) in [6, 6.07) is 12.8. The highest BCUT2D eigenvalue weighted by molar-refractivity contribution is 6.07. The van der Waals surface area contributed by atoms with Crippen molar-refractivity contribution in [3.8, 4) is 11.3 Å². The Labute approximate surface area is 138 Å². The van der Waals surface area contributed by atoms with E-state index in [9.17, 15) is 9.59 Å². The molecule has 2 heterocycles. The van der Waals surface area contributed by atoms with E-state index in [0.717, 1.165) is 10.9 Å². The third kappa shape index (κ3) is 3.22. The average Bonchev–Trinajstić information content (AvgIpc) is 2.65. The highest BCUT2D eigenvalue weighted by Crippen LogP contribution is 2.24. The molecule has 3 aromatic rings. The van der Waals surface area contributed by atoms with Gasteiger partial charge < -0.3 is 10.6 Å². The normalized spacial score (nSPS) is 10.4. The van der Waals surface area contributed by atoms with E-state index in [0.29, 0.717) is 16.8 Å². The summed E-state index contributed by atoms with van der Waals surface area (Å²) in [4.78, 5) is 32.6. The molecule has 0 atom stereocenters. The quantitative estimate of drug-likeness (QED) is 0.767. The van der Waals surface area contributed by atoms with E-state index in [4.69, 9.17) is 0 Å². The number of aromatic nitrogens is 2. The Bertz CT molecular complexity index is 894. The highest BCUT2D eigenvalue weighted by Gasteiger charge is 2.14. The summed E-state index contributed by atoms with van der Waals surface area (Å²) in [6.45, 7) is -0.0752. The number of rotatable bonds is 4. The maximum Gasteiger partial charge on any atom is 0.252 e. The topological polar surface area (TPSA) is 84.0 Å². The molecule has 0 aliphatic carbocycles. The minimum absolute atomic E-state index is 0.0752. The number of likely N-dealkylation sites (N-methyl/N-ethyl adjacent to an activating group) is 1. The zero-order chi connectivity index (χ0) is 16.9. The van der Waals surface area contributed by atoms with Crippen molar-refractivity contribution < 1.29 is 9.59 Å². The first-order valence-electron chi connectivity index (χ1n) is 7.48. The van der Waals surface area contributed by atoms with Gasteiger partial charge in [-0.3, -0.25) is 14.6 Å². The Morgan fingerprint density at radius 2 is 1.96 bits per heavy atom. The second-order valence-corrected chi connectivity index (χ2v) is 5.17. The Morgan fingerprint density at radius 3 is 2.71 bits per heavy atom. The fourth-order valence-corrected chi connectivity index (χ4v) is 2.37. The van der Waals surface area contributed by atoms with E-state index in [1.165, 1.54) is 7.05 Å². The summed E-state index contributed by atoms with van der Waals surface area (Å²) in [5.74, 6) is -0.573. The van der Waals surface area contributed by atoms with Crippen molar-refractivity contribution in [2.75, 3.05) is 13.6 Å². The fraction of sp³-hybridized carbons (Fsp3) is 0.111. The van der Waals surface area contributed by atoms with Gasteiger partial charge in [0.2, 0.25) is 5.91 Å². The van der Waals surface area contributed by atoms with Crippen molar-refractivity contribution >= 4 is 22.7 Å². The summed E-state index contributed by atoms with van der Waals surface area (Å²) < 4.78 is 0. The van der Waals surface area contributed by atoms with Crippen molar-refractivity contribution in [3.05, 3.63) is 60.4 Å². The second kappa shape index (κ2) is 6.87. The predicted molar refractivity (Wildman–Crippen MR) is 91.4 cm³/mol. The zero-order valence-corrected chi connectivity index (χ0v) is 13.1. The van der Waals surface area contributed by atoms with Crippen LogP contribution in [-0.2, 0) is 4.79 Å². The van der Waals surface area contributed by atoms with Crippen molar-refractivity contribution in [1.82, 2.24) is 20.6 Å². The summed E-state index contributed by atoms with van der Waals surface area (Å²) in [5, 5.41) is 5.83. The lowest BCUT2D eigenvalue weighted by molar-refractivity contribution is -0.119. The van der Waals surface area contributed by atoms with Gasteiger partial charge in [-0.15, -0.1) is 0 Å². The monoisotopic (exact) mass is 320 g/mol. The zero-order valence-electron chi connectivity index (χ0n) is 13.1. The molecule has 1 aromatic carbocycles. The summed E-state index contributed by atoms with van der Waals surface area (Å²) in [5.41, 5.74) is 2.67. The van der Waals surface area contributed by atoms with Gasteiger partial charge in [0.1, 0.15) is 0 Å². The summed E-state index contributed by atoms with van der Waals surface area (Å²) in [7, 11) is 1.52. The van der Waals surface area contributed by atoms with E-state index in [1.54, 1.807) is 18.5 Å². The summed E-state index contributed by atoms with van der Waals surface area (Å²) in [6.07, 6.45) is 3.38. The maximum atomic E-state index is 12.5. The maximum absolute atomic E-state index is 12.5. The molecule has 0 unspecified atom stereocenters. The number of amides is 2. The van der Waals surface area contributed by atoms with E-state index >= 15 is 0 Å². The highest BCUT2D eigenvalue weighted by atomic mass is 16.2. The smallest absolute Gasteiger partial charge is 0.252 e. The van der Waals surface area contributed by atoms with Gasteiger partial charge in [0.15, 0.2) is 0 Å². The van der Waals surface area contributed by atoms with Gasteiger partial charge in [0, 0.05) is 30.4 Å². The number of pyridine rings is 2. The van der Waals surface area contributed by atoms with Gasteiger partial charge in [-0.2, -0.15) is 0 Å². The van der Waals surface area contributed by atoms with Crippen LogP contribution in [0.4, 0.5) is 0 Å². The molecule has 0 bridgehead atoms. The van der Waals surface area contributed by atoms with Crippen molar-refractivity contribution in [2.45, 2.75) is 0 Å². The number of para-hydroxylation sites is 1. The molecule has 2 amide bonds. The third-order valence-corrected chi connectivity index (χ3v) is 3.61. The van der Waals surface area contributed by atoms with Gasteiger partial charge in [-0.25, -0.2) is 4.98 Å². The standard InChI is InChI=1S/C18H16N4O2/c1-19-17(23)11-21-18(24)14-9-16(12-5-4-8-20-10-12)22-15-7-3-2-6-13(14)15/h2-10H,11H2,1H3,(H,19,23)(H,21,24). The minimum atomic E-state index is -0.317. The number of nitrogens with one attached hydrogen (secondary N) is 2. The molecular formula is C18H16N4O2. The van der Waals surface area contributed by atoms with E-state index < -0.39 is 0 Å². The number of benzene rings is 1. The van der Waals surface area contributed by atoms with E-state index in [2.05, 4.69) is 20.6 Å². The molecule has 6 heteroatoms. The van der Waals surface area contributed by atoms with E-state index in [1.807, 2.05) is 36.4 Å². The molecule has 2 aromatic heterocycles. The number of carbonyl (C=O) groups is 2. The second-order valence-electron chi connectivity index (χ2n) is 5.17. The SMILES string of the molecule is CNC(=O)CNC(=O)c1cc(-c2cccnc2)nc2ccccc12. The first-order valence-corrected chi connectivity index (χ1v) is 7.48. The molecule has 0 saturated carbocycles. The minimum Gasteiger partial charge on any atom is -0.358 e. The number of hydrogen-bond donors (Lipinski definition) is 2. The van der Waals surface area contributed by atoms with Crippen LogP contribution in [0.5, 0.6) is 0 Å². The number of nitrogens with zero attached hydrogens (tertiary/aromatic N) is 2. The first-order chi connectivity index (χ1) is 11.7. The number of carbonyl (C=O) groups excluding carboxylic acids is 2. The molecule has 0 fully saturated rings. The average molecular weight is 320 g/mol. The van der Waals surface area contributed by atoms with Gasteiger partial charge in [-0.1, -0.05) is 18.2 Å². The third-order valence-electron chi connectivity index (χ3n) is 3.61. The van der Waals surface area contributed by atoms with Crippen LogP contribution in [-0.4, -0.2) is 35.4 Å². The molecule has 120 valence electrons. The Hall–Kier alpha value is -3.28. The van der Waals surface area contributed by atoms with Crippen LogP contribution in [0.3, 0.4) is 0 Å². The lowest BCUT2D eigenvalue weighted by Crippen LogP contribution is -2.35. The van der Waals surface area contributed by atoms with Crippen LogP contribution in [0.1, 0.15) is 10.4 Å². The van der Waals surface area contributed by atoms with Crippen molar-refractivity contribution in [3.63, 3.8) is 0 Å². The molecule has 0 aliphatic rings. The van der Waals surface area contributed by atoms with Crippen LogP contribution in [0.25, 0.3) is 22.2 Å². The Kier molecular flexibility index (Phi) is 4.47. The lowest BCUT2D eigenvalue weighted by Gasteiger charge is -2.10.